The Morgan fingerprint density at radius 1 is 1.44 bits per heavy atom. The standard InChI is InChI=1S/C16H19N5O4/c1-2-24-14(23)7-18-13(22)10-21-8-12(9-21)16-19-15(20-25-16)11-4-3-5-17-6-11/h3-6,12H,2,7-10H2,1H3,(H,18,22). The third-order valence-electron chi connectivity index (χ3n) is 3.77. The SMILES string of the molecule is CCOC(=O)CNC(=O)CN1CC(c2nc(-c3cccnc3)no2)C1. The number of carbonyl (C=O) groups is 2. The summed E-state index contributed by atoms with van der Waals surface area (Å²) in [6, 6.07) is 3.67. The molecule has 1 aliphatic heterocycles. The number of carbonyl (C=O) groups excluding carboxylic acids is 2. The Morgan fingerprint density at radius 2 is 2.28 bits per heavy atom. The zero-order valence-corrected chi connectivity index (χ0v) is 13.8. The van der Waals surface area contributed by atoms with Crippen LogP contribution in [-0.4, -0.2) is 64.7 Å². The van der Waals surface area contributed by atoms with Crippen molar-refractivity contribution in [3.63, 3.8) is 0 Å². The highest BCUT2D eigenvalue weighted by Gasteiger charge is 2.33. The number of likely N-dealkylation sites (tertiary alicyclic amines) is 1. The Morgan fingerprint density at radius 3 is 3.00 bits per heavy atom. The lowest BCUT2D eigenvalue weighted by Crippen LogP contribution is -2.50. The second kappa shape index (κ2) is 7.84. The van der Waals surface area contributed by atoms with Gasteiger partial charge in [0.15, 0.2) is 0 Å². The minimum atomic E-state index is -0.439. The topological polar surface area (TPSA) is 110 Å². The van der Waals surface area contributed by atoms with E-state index in [4.69, 9.17) is 9.26 Å². The highest BCUT2D eigenvalue weighted by atomic mass is 16.5. The first kappa shape index (κ1) is 17.0. The van der Waals surface area contributed by atoms with E-state index in [1.165, 1.54) is 0 Å². The van der Waals surface area contributed by atoms with Gasteiger partial charge in [0, 0.05) is 31.0 Å². The van der Waals surface area contributed by atoms with E-state index in [-0.39, 0.29) is 24.9 Å². The van der Waals surface area contributed by atoms with Crippen LogP contribution in [0.3, 0.4) is 0 Å². The van der Waals surface area contributed by atoms with Crippen molar-refractivity contribution in [2.75, 3.05) is 32.8 Å². The summed E-state index contributed by atoms with van der Waals surface area (Å²) in [5.41, 5.74) is 0.798. The van der Waals surface area contributed by atoms with E-state index in [9.17, 15) is 9.59 Å². The molecule has 3 heterocycles. The van der Waals surface area contributed by atoms with Crippen LogP contribution in [0.4, 0.5) is 0 Å². The summed E-state index contributed by atoms with van der Waals surface area (Å²) in [6.07, 6.45) is 3.36. The first-order chi connectivity index (χ1) is 12.2. The van der Waals surface area contributed by atoms with E-state index in [2.05, 4.69) is 20.4 Å². The number of esters is 1. The van der Waals surface area contributed by atoms with Crippen LogP contribution in [-0.2, 0) is 14.3 Å². The fraction of sp³-hybridized carbons (Fsp3) is 0.438. The number of pyridine rings is 1. The summed E-state index contributed by atoms with van der Waals surface area (Å²) in [7, 11) is 0. The van der Waals surface area contributed by atoms with Gasteiger partial charge in [0.1, 0.15) is 6.54 Å². The van der Waals surface area contributed by atoms with Crippen LogP contribution in [0.1, 0.15) is 18.7 Å². The molecule has 1 fully saturated rings. The minimum absolute atomic E-state index is 0.107. The second-order valence-electron chi connectivity index (χ2n) is 5.67. The van der Waals surface area contributed by atoms with Crippen molar-refractivity contribution in [3.05, 3.63) is 30.4 Å². The normalized spacial score (nSPS) is 14.8. The van der Waals surface area contributed by atoms with Crippen molar-refractivity contribution in [3.8, 4) is 11.4 Å². The molecule has 1 N–H and O–H groups in total. The molecule has 0 unspecified atom stereocenters. The highest BCUT2D eigenvalue weighted by molar-refractivity contribution is 5.83. The lowest BCUT2D eigenvalue weighted by molar-refractivity contribution is -0.143. The van der Waals surface area contributed by atoms with Crippen LogP contribution in [0.2, 0.25) is 0 Å². The third-order valence-corrected chi connectivity index (χ3v) is 3.77. The van der Waals surface area contributed by atoms with E-state index < -0.39 is 5.97 Å². The molecule has 0 aliphatic carbocycles. The molecular weight excluding hydrogens is 326 g/mol. The van der Waals surface area contributed by atoms with Gasteiger partial charge in [-0.05, 0) is 19.1 Å². The van der Waals surface area contributed by atoms with Crippen LogP contribution in [0.5, 0.6) is 0 Å². The van der Waals surface area contributed by atoms with Crippen molar-refractivity contribution < 1.29 is 18.8 Å². The Bertz CT molecular complexity index is 727. The number of amides is 1. The van der Waals surface area contributed by atoms with Gasteiger partial charge in [0.05, 0.1) is 19.1 Å². The number of rotatable bonds is 7. The highest BCUT2D eigenvalue weighted by Crippen LogP contribution is 2.26. The number of aromatic nitrogens is 3. The fourth-order valence-corrected chi connectivity index (χ4v) is 2.51. The quantitative estimate of drug-likeness (QED) is 0.709. The number of nitrogens with one attached hydrogen (secondary N) is 1. The minimum Gasteiger partial charge on any atom is -0.465 e. The second-order valence-corrected chi connectivity index (χ2v) is 5.67. The molecule has 2 aromatic heterocycles. The molecule has 0 bridgehead atoms. The maximum Gasteiger partial charge on any atom is 0.325 e. The molecule has 2 aromatic rings. The van der Waals surface area contributed by atoms with Gasteiger partial charge in [-0.15, -0.1) is 0 Å². The fourth-order valence-electron chi connectivity index (χ4n) is 2.51. The molecule has 25 heavy (non-hydrogen) atoms. The lowest BCUT2D eigenvalue weighted by Gasteiger charge is -2.36. The number of ether oxygens (including phenoxy) is 1. The van der Waals surface area contributed by atoms with Gasteiger partial charge in [0.2, 0.25) is 17.6 Å². The molecule has 0 spiro atoms. The Kier molecular flexibility index (Phi) is 5.34. The van der Waals surface area contributed by atoms with Crippen LogP contribution >= 0.6 is 0 Å². The molecule has 0 saturated carbocycles. The first-order valence-electron chi connectivity index (χ1n) is 8.04. The smallest absolute Gasteiger partial charge is 0.325 e. The molecule has 132 valence electrons. The van der Waals surface area contributed by atoms with Crippen LogP contribution in [0.25, 0.3) is 11.4 Å². The van der Waals surface area contributed by atoms with Gasteiger partial charge < -0.3 is 14.6 Å². The van der Waals surface area contributed by atoms with Gasteiger partial charge in [-0.25, -0.2) is 0 Å². The van der Waals surface area contributed by atoms with Crippen LogP contribution < -0.4 is 5.32 Å². The van der Waals surface area contributed by atoms with Gasteiger partial charge in [0.25, 0.3) is 0 Å². The lowest BCUT2D eigenvalue weighted by atomic mass is 10.0. The average molecular weight is 345 g/mol. The van der Waals surface area contributed by atoms with E-state index in [1.54, 1.807) is 19.3 Å². The molecule has 0 aromatic carbocycles. The predicted molar refractivity (Wildman–Crippen MR) is 86.4 cm³/mol. The van der Waals surface area contributed by atoms with Crippen molar-refractivity contribution in [1.82, 2.24) is 25.3 Å². The number of nitrogens with zero attached hydrogens (tertiary/aromatic N) is 4. The molecule has 3 rings (SSSR count). The molecular formula is C16H19N5O4. The van der Waals surface area contributed by atoms with E-state index >= 15 is 0 Å². The van der Waals surface area contributed by atoms with Gasteiger partial charge in [-0.1, -0.05) is 5.16 Å². The zero-order chi connectivity index (χ0) is 17.6. The maximum absolute atomic E-state index is 11.8. The predicted octanol–water partition coefficient (Wildman–Crippen LogP) is 0.210. The van der Waals surface area contributed by atoms with E-state index in [0.717, 1.165) is 5.56 Å². The summed E-state index contributed by atoms with van der Waals surface area (Å²) in [4.78, 5) is 33.3. The van der Waals surface area contributed by atoms with Crippen molar-refractivity contribution >= 4 is 11.9 Å². The van der Waals surface area contributed by atoms with Crippen LogP contribution in [0, 0.1) is 0 Å². The van der Waals surface area contributed by atoms with E-state index in [1.807, 2.05) is 17.0 Å². The Hall–Kier alpha value is -2.81. The molecule has 1 amide bonds. The molecule has 0 radical (unpaired) electrons. The summed E-state index contributed by atoms with van der Waals surface area (Å²) in [6.45, 7) is 3.44. The summed E-state index contributed by atoms with van der Waals surface area (Å²) < 4.78 is 10.1. The monoisotopic (exact) mass is 345 g/mol. The Labute approximate surface area is 144 Å². The van der Waals surface area contributed by atoms with Gasteiger partial charge in [-0.2, -0.15) is 4.98 Å². The number of hydrogen-bond donors (Lipinski definition) is 1. The molecule has 9 heteroatoms. The molecule has 1 aliphatic rings. The zero-order valence-electron chi connectivity index (χ0n) is 13.8. The largest absolute Gasteiger partial charge is 0.465 e. The molecule has 1 saturated heterocycles. The summed E-state index contributed by atoms with van der Waals surface area (Å²) >= 11 is 0. The van der Waals surface area contributed by atoms with Crippen molar-refractivity contribution in [2.45, 2.75) is 12.8 Å². The van der Waals surface area contributed by atoms with E-state index in [0.29, 0.717) is 31.4 Å². The van der Waals surface area contributed by atoms with Crippen LogP contribution in [0.15, 0.2) is 29.0 Å². The van der Waals surface area contributed by atoms with Crippen molar-refractivity contribution in [2.24, 2.45) is 0 Å². The maximum atomic E-state index is 11.8. The number of hydrogen-bond acceptors (Lipinski definition) is 8. The molecule has 9 nitrogen and oxygen atoms in total. The van der Waals surface area contributed by atoms with Gasteiger partial charge >= 0.3 is 5.97 Å². The summed E-state index contributed by atoms with van der Waals surface area (Å²) in [5.74, 6) is 0.519. The average Bonchev–Trinajstić information content (AvgIpc) is 3.06. The van der Waals surface area contributed by atoms with Gasteiger partial charge in [-0.3, -0.25) is 19.5 Å². The third kappa shape index (κ3) is 4.38. The Balaban J connectivity index is 1.43. The van der Waals surface area contributed by atoms with Crippen molar-refractivity contribution in [1.29, 1.82) is 0 Å². The molecule has 0 atom stereocenters. The summed E-state index contributed by atoms with van der Waals surface area (Å²) in [5, 5.41) is 6.50. The first-order valence-corrected chi connectivity index (χ1v) is 8.04.